The normalized spacial score (nSPS) is 21.7. The molecular formula is C22H28ClN3O2. The first-order valence-corrected chi connectivity index (χ1v) is 9.93. The summed E-state index contributed by atoms with van der Waals surface area (Å²) in [6, 6.07) is 14.3. The van der Waals surface area contributed by atoms with Gasteiger partial charge in [0.1, 0.15) is 0 Å². The van der Waals surface area contributed by atoms with Crippen molar-refractivity contribution in [2.75, 3.05) is 19.7 Å². The van der Waals surface area contributed by atoms with Crippen LogP contribution in [0.25, 0.3) is 0 Å². The maximum atomic E-state index is 13.6. The molecule has 1 N–H and O–H groups in total. The number of hydrogen-bond donors (Lipinski definition) is 1. The fraction of sp³-hybridized carbons (Fsp3) is 0.455. The monoisotopic (exact) mass is 401 g/mol. The summed E-state index contributed by atoms with van der Waals surface area (Å²) < 4.78 is 5.98. The molecule has 150 valence electrons. The first kappa shape index (κ1) is 20.8. The van der Waals surface area contributed by atoms with Crippen LogP contribution in [0.4, 0.5) is 0 Å². The molecule has 4 rings (SSSR count). The minimum absolute atomic E-state index is 0. The van der Waals surface area contributed by atoms with E-state index in [2.05, 4.69) is 16.4 Å². The van der Waals surface area contributed by atoms with Gasteiger partial charge in [0.05, 0.1) is 18.8 Å². The molecule has 2 aromatic rings. The van der Waals surface area contributed by atoms with Gasteiger partial charge in [-0.15, -0.1) is 12.4 Å². The number of aromatic nitrogens is 1. The van der Waals surface area contributed by atoms with E-state index in [4.69, 9.17) is 4.74 Å². The molecule has 2 aliphatic heterocycles. The number of rotatable bonds is 4. The van der Waals surface area contributed by atoms with Crippen LogP contribution in [0, 0.1) is 0 Å². The SMILES string of the molecule is Cl.O=C(C1OCCc2ccccc21)N(Cc1ccccn1)C1CCCNCC1. The third kappa shape index (κ3) is 4.72. The molecule has 3 heterocycles. The lowest BCUT2D eigenvalue weighted by atomic mass is 9.95. The second kappa shape index (κ2) is 10.0. The van der Waals surface area contributed by atoms with Gasteiger partial charge in [0.25, 0.3) is 5.91 Å². The van der Waals surface area contributed by atoms with Crippen LogP contribution >= 0.6 is 12.4 Å². The number of pyridine rings is 1. The maximum absolute atomic E-state index is 13.6. The Hall–Kier alpha value is -1.95. The number of halogens is 1. The van der Waals surface area contributed by atoms with Crippen LogP contribution in [0.2, 0.25) is 0 Å². The highest BCUT2D eigenvalue weighted by atomic mass is 35.5. The lowest BCUT2D eigenvalue weighted by Gasteiger charge is -2.35. The molecule has 1 saturated heterocycles. The Kier molecular flexibility index (Phi) is 7.43. The number of amides is 1. The van der Waals surface area contributed by atoms with Crippen molar-refractivity contribution in [3.05, 3.63) is 65.5 Å². The van der Waals surface area contributed by atoms with Gasteiger partial charge < -0.3 is 15.0 Å². The van der Waals surface area contributed by atoms with E-state index in [-0.39, 0.29) is 24.4 Å². The smallest absolute Gasteiger partial charge is 0.256 e. The van der Waals surface area contributed by atoms with Crippen molar-refractivity contribution in [3.63, 3.8) is 0 Å². The van der Waals surface area contributed by atoms with Crippen molar-refractivity contribution in [3.8, 4) is 0 Å². The lowest BCUT2D eigenvalue weighted by molar-refractivity contribution is -0.148. The highest BCUT2D eigenvalue weighted by Crippen LogP contribution is 2.30. The zero-order valence-corrected chi connectivity index (χ0v) is 16.9. The number of carbonyl (C=O) groups is 1. The quantitative estimate of drug-likeness (QED) is 0.854. The Bertz CT molecular complexity index is 763. The predicted molar refractivity (Wildman–Crippen MR) is 111 cm³/mol. The molecule has 1 fully saturated rings. The summed E-state index contributed by atoms with van der Waals surface area (Å²) in [6.07, 6.45) is 5.22. The van der Waals surface area contributed by atoms with E-state index in [0.29, 0.717) is 13.2 Å². The standard InChI is InChI=1S/C22H27N3O2.ClH/c26-22(21-20-9-2-1-6-17(20)11-15-27-21)25(16-18-7-3-4-13-24-18)19-8-5-12-23-14-10-19;/h1-4,6-7,9,13,19,21,23H,5,8,10-12,14-16H2;1H. The van der Waals surface area contributed by atoms with Crippen LogP contribution in [-0.4, -0.2) is 41.5 Å². The minimum Gasteiger partial charge on any atom is -0.363 e. The molecule has 28 heavy (non-hydrogen) atoms. The van der Waals surface area contributed by atoms with Crippen molar-refractivity contribution < 1.29 is 9.53 Å². The predicted octanol–water partition coefficient (Wildman–Crippen LogP) is 3.29. The molecule has 1 aromatic carbocycles. The Morgan fingerprint density at radius 1 is 1.14 bits per heavy atom. The van der Waals surface area contributed by atoms with Crippen molar-refractivity contribution in [1.29, 1.82) is 0 Å². The Morgan fingerprint density at radius 2 is 2.00 bits per heavy atom. The molecular weight excluding hydrogens is 374 g/mol. The Morgan fingerprint density at radius 3 is 2.86 bits per heavy atom. The Balaban J connectivity index is 0.00000225. The number of ether oxygens (including phenoxy) is 1. The zero-order chi connectivity index (χ0) is 18.5. The highest BCUT2D eigenvalue weighted by Gasteiger charge is 2.34. The Labute approximate surface area is 172 Å². The second-order valence-electron chi connectivity index (χ2n) is 7.32. The molecule has 0 bridgehead atoms. The summed E-state index contributed by atoms with van der Waals surface area (Å²) in [6.45, 7) is 3.09. The molecule has 2 atom stereocenters. The van der Waals surface area contributed by atoms with Gasteiger partial charge in [-0.3, -0.25) is 9.78 Å². The van der Waals surface area contributed by atoms with Gasteiger partial charge >= 0.3 is 0 Å². The third-order valence-corrected chi connectivity index (χ3v) is 5.55. The van der Waals surface area contributed by atoms with E-state index in [1.165, 1.54) is 5.56 Å². The number of nitrogens with one attached hydrogen (secondary N) is 1. The minimum atomic E-state index is -0.505. The van der Waals surface area contributed by atoms with Crippen LogP contribution in [0.15, 0.2) is 48.7 Å². The molecule has 6 heteroatoms. The summed E-state index contributed by atoms with van der Waals surface area (Å²) in [7, 11) is 0. The van der Waals surface area contributed by atoms with Crippen LogP contribution < -0.4 is 5.32 Å². The highest BCUT2D eigenvalue weighted by molar-refractivity contribution is 5.85. The fourth-order valence-corrected chi connectivity index (χ4v) is 4.11. The fourth-order valence-electron chi connectivity index (χ4n) is 4.11. The zero-order valence-electron chi connectivity index (χ0n) is 16.0. The van der Waals surface area contributed by atoms with Crippen LogP contribution in [-0.2, 0) is 22.5 Å². The summed E-state index contributed by atoms with van der Waals surface area (Å²) in [5.41, 5.74) is 3.17. The van der Waals surface area contributed by atoms with E-state index < -0.39 is 6.10 Å². The number of hydrogen-bond acceptors (Lipinski definition) is 4. The maximum Gasteiger partial charge on any atom is 0.256 e. The molecule has 1 aromatic heterocycles. The number of nitrogens with zero attached hydrogens (tertiary/aromatic N) is 2. The van der Waals surface area contributed by atoms with Gasteiger partial charge in [-0.25, -0.2) is 0 Å². The van der Waals surface area contributed by atoms with Crippen LogP contribution in [0.1, 0.15) is 42.2 Å². The molecule has 0 radical (unpaired) electrons. The van der Waals surface area contributed by atoms with E-state index in [0.717, 1.165) is 50.0 Å². The molecule has 0 aliphatic carbocycles. The number of fused-ring (bicyclic) bond motifs is 1. The molecule has 0 saturated carbocycles. The van der Waals surface area contributed by atoms with Gasteiger partial charge in [0.15, 0.2) is 6.10 Å². The molecule has 2 unspecified atom stereocenters. The summed E-state index contributed by atoms with van der Waals surface area (Å²) in [5, 5.41) is 3.45. The van der Waals surface area contributed by atoms with Gasteiger partial charge in [-0.05, 0) is 62.0 Å². The van der Waals surface area contributed by atoms with Crippen molar-refractivity contribution in [1.82, 2.24) is 15.2 Å². The van der Waals surface area contributed by atoms with Crippen molar-refractivity contribution in [2.45, 2.75) is 44.4 Å². The molecule has 5 nitrogen and oxygen atoms in total. The lowest BCUT2D eigenvalue weighted by Crippen LogP contribution is -2.44. The number of carbonyl (C=O) groups excluding carboxylic acids is 1. The molecule has 0 spiro atoms. The summed E-state index contributed by atoms with van der Waals surface area (Å²) in [5.74, 6) is 0.0692. The summed E-state index contributed by atoms with van der Waals surface area (Å²) >= 11 is 0. The van der Waals surface area contributed by atoms with E-state index in [9.17, 15) is 4.79 Å². The van der Waals surface area contributed by atoms with Gasteiger partial charge in [0, 0.05) is 12.2 Å². The molecule has 2 aliphatic rings. The van der Waals surface area contributed by atoms with Crippen molar-refractivity contribution >= 4 is 18.3 Å². The van der Waals surface area contributed by atoms with Crippen molar-refractivity contribution in [2.24, 2.45) is 0 Å². The van der Waals surface area contributed by atoms with Crippen LogP contribution in [0.5, 0.6) is 0 Å². The van der Waals surface area contributed by atoms with Gasteiger partial charge in [-0.1, -0.05) is 30.3 Å². The second-order valence-corrected chi connectivity index (χ2v) is 7.32. The van der Waals surface area contributed by atoms with E-state index in [1.807, 2.05) is 41.3 Å². The van der Waals surface area contributed by atoms with Crippen LogP contribution in [0.3, 0.4) is 0 Å². The average Bonchev–Trinajstić information content (AvgIpc) is 3.01. The van der Waals surface area contributed by atoms with E-state index in [1.54, 1.807) is 6.20 Å². The largest absolute Gasteiger partial charge is 0.363 e. The number of benzene rings is 1. The van der Waals surface area contributed by atoms with Gasteiger partial charge in [-0.2, -0.15) is 0 Å². The molecule has 1 amide bonds. The van der Waals surface area contributed by atoms with Gasteiger partial charge in [0.2, 0.25) is 0 Å². The topological polar surface area (TPSA) is 54.5 Å². The summed E-state index contributed by atoms with van der Waals surface area (Å²) in [4.78, 5) is 20.1. The average molecular weight is 402 g/mol. The first-order chi connectivity index (χ1) is 13.3. The third-order valence-electron chi connectivity index (χ3n) is 5.55. The first-order valence-electron chi connectivity index (χ1n) is 9.93. The van der Waals surface area contributed by atoms with E-state index >= 15 is 0 Å².